The van der Waals surface area contributed by atoms with E-state index in [2.05, 4.69) is 10.3 Å². The van der Waals surface area contributed by atoms with Crippen molar-refractivity contribution in [3.8, 4) is 0 Å². The first-order valence-corrected chi connectivity index (χ1v) is 9.52. The second kappa shape index (κ2) is 6.62. The van der Waals surface area contributed by atoms with Crippen LogP contribution < -0.4 is 10.9 Å². The molecule has 0 aliphatic heterocycles. The van der Waals surface area contributed by atoms with E-state index in [0.29, 0.717) is 4.96 Å². The fourth-order valence-electron chi connectivity index (χ4n) is 3.17. The summed E-state index contributed by atoms with van der Waals surface area (Å²) in [6.07, 6.45) is 2.97. The molecule has 0 saturated carbocycles. The van der Waals surface area contributed by atoms with Crippen molar-refractivity contribution in [2.45, 2.75) is 19.9 Å². The van der Waals surface area contributed by atoms with Crippen LogP contribution in [-0.2, 0) is 7.05 Å². The largest absolute Gasteiger partial charge is 0.342 e. The number of hydrogen-bond acceptors (Lipinski definition) is 5. The SMILES string of the molecule is CC(C)[C@H](NC(=O)c1cnc2sccn2c1=O)c1nc2ccccc2n1C. The number of nitrogens with one attached hydrogen (secondary N) is 1. The number of aromatic nitrogens is 4. The van der Waals surface area contributed by atoms with Crippen LogP contribution in [0.5, 0.6) is 0 Å². The van der Waals surface area contributed by atoms with E-state index in [4.69, 9.17) is 4.98 Å². The fraction of sp³-hybridized carbons (Fsp3) is 0.263. The zero-order valence-electron chi connectivity index (χ0n) is 15.2. The number of para-hydroxylation sites is 2. The molecule has 0 spiro atoms. The first kappa shape index (κ1) is 17.4. The Balaban J connectivity index is 1.72. The van der Waals surface area contributed by atoms with E-state index in [1.165, 1.54) is 21.9 Å². The van der Waals surface area contributed by atoms with Crippen molar-refractivity contribution in [2.24, 2.45) is 13.0 Å². The summed E-state index contributed by atoms with van der Waals surface area (Å²) in [7, 11) is 1.93. The zero-order valence-corrected chi connectivity index (χ0v) is 16.0. The summed E-state index contributed by atoms with van der Waals surface area (Å²) in [4.78, 5) is 34.9. The molecule has 0 bridgehead atoms. The van der Waals surface area contributed by atoms with Crippen LogP contribution in [0.2, 0.25) is 0 Å². The summed E-state index contributed by atoms with van der Waals surface area (Å²) in [5.41, 5.74) is 1.52. The maximum Gasteiger partial charge on any atom is 0.271 e. The molecule has 4 rings (SSSR count). The average molecular weight is 381 g/mol. The van der Waals surface area contributed by atoms with Gasteiger partial charge < -0.3 is 9.88 Å². The summed E-state index contributed by atoms with van der Waals surface area (Å²) < 4.78 is 3.37. The van der Waals surface area contributed by atoms with Gasteiger partial charge >= 0.3 is 0 Å². The van der Waals surface area contributed by atoms with E-state index < -0.39 is 5.91 Å². The topological polar surface area (TPSA) is 81.3 Å². The Hall–Kier alpha value is -3.00. The van der Waals surface area contributed by atoms with Gasteiger partial charge in [-0.3, -0.25) is 14.0 Å². The molecule has 0 aliphatic rings. The van der Waals surface area contributed by atoms with E-state index in [1.807, 2.05) is 49.7 Å². The van der Waals surface area contributed by atoms with Crippen molar-refractivity contribution in [1.82, 2.24) is 24.3 Å². The van der Waals surface area contributed by atoms with Gasteiger partial charge in [-0.25, -0.2) is 9.97 Å². The number of rotatable bonds is 4. The van der Waals surface area contributed by atoms with Gasteiger partial charge in [0.25, 0.3) is 11.5 Å². The van der Waals surface area contributed by atoms with Gasteiger partial charge in [0.05, 0.1) is 17.1 Å². The van der Waals surface area contributed by atoms with Crippen LogP contribution in [-0.4, -0.2) is 24.8 Å². The number of thiazole rings is 1. The molecule has 7 nitrogen and oxygen atoms in total. The molecule has 4 aromatic rings. The van der Waals surface area contributed by atoms with Crippen LogP contribution in [0, 0.1) is 5.92 Å². The molecule has 138 valence electrons. The van der Waals surface area contributed by atoms with Crippen molar-refractivity contribution in [1.29, 1.82) is 0 Å². The van der Waals surface area contributed by atoms with Crippen molar-refractivity contribution < 1.29 is 4.79 Å². The Morgan fingerprint density at radius 1 is 1.26 bits per heavy atom. The minimum Gasteiger partial charge on any atom is -0.342 e. The highest BCUT2D eigenvalue weighted by molar-refractivity contribution is 7.15. The average Bonchev–Trinajstić information content (AvgIpc) is 3.25. The standard InChI is InChI=1S/C19H19N5O2S/c1-11(2)15(16-21-13-6-4-5-7-14(13)23(16)3)22-17(25)12-10-20-19-24(18(12)26)8-9-27-19/h4-11,15H,1-3H3,(H,22,25)/t15-/m0/s1. The lowest BCUT2D eigenvalue weighted by atomic mass is 10.0. The van der Waals surface area contributed by atoms with Gasteiger partial charge in [-0.15, -0.1) is 11.3 Å². The Kier molecular flexibility index (Phi) is 4.27. The smallest absolute Gasteiger partial charge is 0.271 e. The Labute approximate surface area is 159 Å². The van der Waals surface area contributed by atoms with Crippen LogP contribution in [0.1, 0.15) is 36.1 Å². The van der Waals surface area contributed by atoms with Gasteiger partial charge in [0.2, 0.25) is 0 Å². The van der Waals surface area contributed by atoms with Crippen molar-refractivity contribution in [2.75, 3.05) is 0 Å². The number of benzene rings is 1. The predicted octanol–water partition coefficient (Wildman–Crippen LogP) is 2.77. The van der Waals surface area contributed by atoms with Gasteiger partial charge in [-0.05, 0) is 18.1 Å². The molecule has 1 atom stereocenters. The first-order chi connectivity index (χ1) is 13.0. The van der Waals surface area contributed by atoms with Crippen LogP contribution in [0.15, 0.2) is 46.8 Å². The highest BCUT2D eigenvalue weighted by Crippen LogP contribution is 2.25. The third kappa shape index (κ3) is 2.91. The summed E-state index contributed by atoms with van der Waals surface area (Å²) in [6.45, 7) is 4.02. The van der Waals surface area contributed by atoms with Gasteiger partial charge in [0.15, 0.2) is 4.96 Å². The molecule has 0 saturated heterocycles. The molecule has 0 radical (unpaired) electrons. The molecule has 27 heavy (non-hydrogen) atoms. The van der Waals surface area contributed by atoms with E-state index >= 15 is 0 Å². The van der Waals surface area contributed by atoms with E-state index in [-0.39, 0.29) is 23.1 Å². The molecule has 1 aromatic carbocycles. The first-order valence-electron chi connectivity index (χ1n) is 8.64. The number of hydrogen-bond donors (Lipinski definition) is 1. The molecule has 1 N–H and O–H groups in total. The number of carbonyl (C=O) groups excluding carboxylic acids is 1. The molecule has 0 fully saturated rings. The highest BCUT2D eigenvalue weighted by atomic mass is 32.1. The van der Waals surface area contributed by atoms with E-state index in [1.54, 1.807) is 11.6 Å². The molecule has 0 unspecified atom stereocenters. The lowest BCUT2D eigenvalue weighted by Gasteiger charge is -2.22. The fourth-order valence-corrected chi connectivity index (χ4v) is 3.85. The van der Waals surface area contributed by atoms with Crippen LogP contribution in [0.3, 0.4) is 0 Å². The van der Waals surface area contributed by atoms with Crippen molar-refractivity contribution in [3.05, 3.63) is 63.8 Å². The van der Waals surface area contributed by atoms with Gasteiger partial charge in [-0.1, -0.05) is 26.0 Å². The maximum atomic E-state index is 12.8. The number of amides is 1. The predicted molar refractivity (Wildman–Crippen MR) is 105 cm³/mol. The quantitative estimate of drug-likeness (QED) is 0.589. The van der Waals surface area contributed by atoms with Gasteiger partial charge in [0, 0.05) is 24.8 Å². The maximum absolute atomic E-state index is 12.8. The summed E-state index contributed by atoms with van der Waals surface area (Å²) in [5, 5.41) is 4.74. The molecule has 0 aliphatic carbocycles. The van der Waals surface area contributed by atoms with E-state index in [9.17, 15) is 9.59 Å². The number of fused-ring (bicyclic) bond motifs is 2. The molecular formula is C19H19N5O2S. The second-order valence-electron chi connectivity index (χ2n) is 6.75. The third-order valence-corrected chi connectivity index (χ3v) is 5.41. The Morgan fingerprint density at radius 2 is 2.04 bits per heavy atom. The minimum absolute atomic E-state index is 0.0234. The molecule has 3 heterocycles. The lowest BCUT2D eigenvalue weighted by Crippen LogP contribution is -2.37. The normalized spacial score (nSPS) is 12.7. The van der Waals surface area contributed by atoms with Crippen molar-refractivity contribution in [3.63, 3.8) is 0 Å². The number of carbonyl (C=O) groups is 1. The third-order valence-electron chi connectivity index (χ3n) is 4.64. The Bertz CT molecular complexity index is 1200. The highest BCUT2D eigenvalue weighted by Gasteiger charge is 2.25. The van der Waals surface area contributed by atoms with Crippen LogP contribution >= 0.6 is 11.3 Å². The second-order valence-corrected chi connectivity index (χ2v) is 7.62. The van der Waals surface area contributed by atoms with Crippen LogP contribution in [0.25, 0.3) is 16.0 Å². The lowest BCUT2D eigenvalue weighted by molar-refractivity contribution is 0.0920. The molecule has 3 aromatic heterocycles. The monoisotopic (exact) mass is 381 g/mol. The summed E-state index contributed by atoms with van der Waals surface area (Å²) >= 11 is 1.35. The van der Waals surface area contributed by atoms with Crippen LogP contribution in [0.4, 0.5) is 0 Å². The molecule has 8 heteroatoms. The van der Waals surface area contributed by atoms with Gasteiger partial charge in [-0.2, -0.15) is 0 Å². The Morgan fingerprint density at radius 3 is 2.78 bits per heavy atom. The van der Waals surface area contributed by atoms with E-state index in [0.717, 1.165) is 16.9 Å². The zero-order chi connectivity index (χ0) is 19.1. The number of nitrogens with zero attached hydrogens (tertiary/aromatic N) is 4. The summed E-state index contributed by atoms with van der Waals surface area (Å²) in [6, 6.07) is 7.49. The van der Waals surface area contributed by atoms with Crippen molar-refractivity contribution >= 4 is 33.2 Å². The molecular weight excluding hydrogens is 362 g/mol. The van der Waals surface area contributed by atoms with Gasteiger partial charge in [0.1, 0.15) is 11.4 Å². The number of aryl methyl sites for hydroxylation is 1. The number of imidazole rings is 1. The minimum atomic E-state index is -0.446. The summed E-state index contributed by atoms with van der Waals surface area (Å²) in [5.74, 6) is 0.396. The molecule has 1 amide bonds.